The minimum Gasteiger partial charge on any atom is -0.350 e. The van der Waals surface area contributed by atoms with E-state index in [2.05, 4.69) is 5.32 Å². The standard InChI is InChI=1S/C27H27ClFN3O3/c1-16(33)20-14-31(23-10-3-2-8-19(20)23)15-25(34)32-22-11-5-6-17(22)12-24(32)27(35)30-13-18-7-4-9-21(28)26(18)29/h2-4,7-10,14,17,22,24H,5-6,11-13,15H2,1H3,(H,30,35)/t17-,22-,24+/m1/s1. The van der Waals surface area contributed by atoms with E-state index in [4.69, 9.17) is 11.6 Å². The van der Waals surface area contributed by atoms with Crippen molar-refractivity contribution in [3.05, 3.63) is 70.6 Å². The topological polar surface area (TPSA) is 71.4 Å². The zero-order valence-electron chi connectivity index (χ0n) is 19.5. The highest BCUT2D eigenvalue weighted by molar-refractivity contribution is 6.30. The van der Waals surface area contributed by atoms with Crippen LogP contribution in [0, 0.1) is 11.7 Å². The summed E-state index contributed by atoms with van der Waals surface area (Å²) in [5.74, 6) is -0.758. The molecule has 0 bridgehead atoms. The quantitative estimate of drug-likeness (QED) is 0.503. The third-order valence-corrected chi connectivity index (χ3v) is 7.68. The van der Waals surface area contributed by atoms with Gasteiger partial charge in [0.15, 0.2) is 5.78 Å². The fraction of sp³-hybridized carbons (Fsp3) is 0.370. The number of amides is 2. The molecule has 1 saturated heterocycles. The van der Waals surface area contributed by atoms with E-state index in [1.165, 1.54) is 13.0 Å². The number of carbonyl (C=O) groups is 3. The van der Waals surface area contributed by atoms with Gasteiger partial charge in [-0.15, -0.1) is 0 Å². The van der Waals surface area contributed by atoms with Crippen LogP contribution in [0.1, 0.15) is 48.5 Å². The lowest BCUT2D eigenvalue weighted by Crippen LogP contribution is -2.49. The Bertz CT molecular complexity index is 1320. The van der Waals surface area contributed by atoms with E-state index in [0.29, 0.717) is 17.5 Å². The third-order valence-electron chi connectivity index (χ3n) is 7.39. The molecule has 8 heteroatoms. The van der Waals surface area contributed by atoms with Crippen LogP contribution < -0.4 is 5.32 Å². The maximum absolute atomic E-state index is 14.3. The summed E-state index contributed by atoms with van der Waals surface area (Å²) in [6.45, 7) is 1.56. The molecule has 2 aliphatic rings. The molecule has 2 fully saturated rings. The van der Waals surface area contributed by atoms with Crippen molar-refractivity contribution in [2.45, 2.75) is 57.8 Å². The monoisotopic (exact) mass is 495 g/mol. The second-order valence-electron chi connectivity index (χ2n) is 9.49. The number of carbonyl (C=O) groups excluding carboxylic acids is 3. The summed E-state index contributed by atoms with van der Waals surface area (Å²) in [7, 11) is 0. The molecule has 5 rings (SSSR count). The Hall–Kier alpha value is -3.19. The molecule has 3 atom stereocenters. The van der Waals surface area contributed by atoms with Crippen LogP contribution in [0.3, 0.4) is 0 Å². The van der Waals surface area contributed by atoms with Gasteiger partial charge >= 0.3 is 0 Å². The molecule has 0 radical (unpaired) electrons. The van der Waals surface area contributed by atoms with Gasteiger partial charge in [-0.05, 0) is 44.2 Å². The van der Waals surface area contributed by atoms with Gasteiger partial charge in [0.2, 0.25) is 11.8 Å². The largest absolute Gasteiger partial charge is 0.350 e. The Balaban J connectivity index is 1.37. The van der Waals surface area contributed by atoms with Crippen LogP contribution in [0.25, 0.3) is 10.9 Å². The second kappa shape index (κ2) is 9.46. The maximum atomic E-state index is 14.3. The molecule has 0 spiro atoms. The average molecular weight is 496 g/mol. The smallest absolute Gasteiger partial charge is 0.243 e. The SMILES string of the molecule is CC(=O)c1cn(CC(=O)N2[C@@H]3CCC[C@@H]3C[C@H]2C(=O)NCc2cccc(Cl)c2F)c2ccccc12. The fourth-order valence-corrected chi connectivity index (χ4v) is 5.95. The maximum Gasteiger partial charge on any atom is 0.243 e. The zero-order valence-corrected chi connectivity index (χ0v) is 20.2. The molecular formula is C27H27ClFN3O3. The van der Waals surface area contributed by atoms with Gasteiger partial charge in [0.05, 0.1) is 5.02 Å². The number of aromatic nitrogens is 1. The van der Waals surface area contributed by atoms with Crippen LogP contribution in [0.5, 0.6) is 0 Å². The Morgan fingerprint density at radius 1 is 1.11 bits per heavy atom. The van der Waals surface area contributed by atoms with Gasteiger partial charge in [0.25, 0.3) is 0 Å². The Labute approximate surface area is 208 Å². The fourth-order valence-electron chi connectivity index (χ4n) is 5.75. The van der Waals surface area contributed by atoms with Crippen LogP contribution >= 0.6 is 11.6 Å². The highest BCUT2D eigenvalue weighted by Crippen LogP contribution is 2.41. The summed E-state index contributed by atoms with van der Waals surface area (Å²) in [5.41, 5.74) is 1.69. The molecule has 0 unspecified atom stereocenters. The van der Waals surface area contributed by atoms with Crippen LogP contribution in [0.2, 0.25) is 5.02 Å². The first-order valence-corrected chi connectivity index (χ1v) is 12.3. The van der Waals surface area contributed by atoms with Crippen molar-refractivity contribution in [2.24, 2.45) is 5.92 Å². The molecule has 35 heavy (non-hydrogen) atoms. The van der Waals surface area contributed by atoms with E-state index < -0.39 is 11.9 Å². The van der Waals surface area contributed by atoms with E-state index >= 15 is 0 Å². The van der Waals surface area contributed by atoms with Crippen LogP contribution in [0.4, 0.5) is 4.39 Å². The van der Waals surface area contributed by atoms with E-state index in [-0.39, 0.29) is 47.7 Å². The Kier molecular flexibility index (Phi) is 6.36. The van der Waals surface area contributed by atoms with E-state index in [9.17, 15) is 18.8 Å². The zero-order chi connectivity index (χ0) is 24.7. The Morgan fingerprint density at radius 3 is 2.71 bits per heavy atom. The van der Waals surface area contributed by atoms with Crippen molar-refractivity contribution >= 4 is 40.1 Å². The van der Waals surface area contributed by atoms with E-state index in [1.54, 1.807) is 27.8 Å². The van der Waals surface area contributed by atoms with Gasteiger partial charge in [-0.3, -0.25) is 14.4 Å². The molecule has 1 N–H and O–H groups in total. The lowest BCUT2D eigenvalue weighted by molar-refractivity contribution is -0.141. The van der Waals surface area contributed by atoms with Crippen molar-refractivity contribution in [3.8, 4) is 0 Å². The van der Waals surface area contributed by atoms with Gasteiger partial charge in [0.1, 0.15) is 18.4 Å². The molecular weight excluding hydrogens is 469 g/mol. The molecule has 6 nitrogen and oxygen atoms in total. The first kappa shape index (κ1) is 23.5. The number of nitrogens with one attached hydrogen (secondary N) is 1. The second-order valence-corrected chi connectivity index (χ2v) is 9.89. The molecule has 2 heterocycles. The number of hydrogen-bond donors (Lipinski definition) is 1. The predicted octanol–water partition coefficient (Wildman–Crippen LogP) is 4.72. The average Bonchev–Trinajstić information content (AvgIpc) is 3.53. The van der Waals surface area contributed by atoms with Crippen LogP contribution in [0.15, 0.2) is 48.7 Å². The highest BCUT2D eigenvalue weighted by atomic mass is 35.5. The molecule has 3 aromatic rings. The Morgan fingerprint density at radius 2 is 1.91 bits per heavy atom. The van der Waals surface area contributed by atoms with Crippen molar-refractivity contribution in [3.63, 3.8) is 0 Å². The molecule has 182 valence electrons. The van der Waals surface area contributed by atoms with E-state index in [1.807, 2.05) is 24.3 Å². The summed E-state index contributed by atoms with van der Waals surface area (Å²) in [6, 6.07) is 11.6. The third kappa shape index (κ3) is 4.33. The summed E-state index contributed by atoms with van der Waals surface area (Å²) < 4.78 is 16.1. The molecule has 2 amide bonds. The minimum atomic E-state index is -0.603. The summed E-state index contributed by atoms with van der Waals surface area (Å²) in [4.78, 5) is 40.7. The first-order valence-electron chi connectivity index (χ1n) is 12.0. The number of Topliss-reactive ketones (excluding diaryl/α,β-unsaturated/α-hetero) is 1. The summed E-state index contributed by atoms with van der Waals surface area (Å²) in [5, 5.41) is 3.63. The van der Waals surface area contributed by atoms with E-state index in [0.717, 1.165) is 30.2 Å². The molecule has 1 aliphatic heterocycles. The number of hydrogen-bond acceptors (Lipinski definition) is 3. The van der Waals surface area contributed by atoms with Crippen molar-refractivity contribution in [1.29, 1.82) is 0 Å². The van der Waals surface area contributed by atoms with Gasteiger partial charge < -0.3 is 14.8 Å². The lowest BCUT2D eigenvalue weighted by atomic mass is 10.0. The summed E-state index contributed by atoms with van der Waals surface area (Å²) in [6.07, 6.45) is 5.22. The number of rotatable bonds is 6. The molecule has 2 aromatic carbocycles. The number of likely N-dealkylation sites (tertiary alicyclic amines) is 1. The number of halogens is 2. The van der Waals surface area contributed by atoms with Gasteiger partial charge in [-0.1, -0.05) is 48.4 Å². The van der Waals surface area contributed by atoms with Crippen LogP contribution in [-0.2, 0) is 22.7 Å². The molecule has 1 aliphatic carbocycles. The number of nitrogens with zero attached hydrogens (tertiary/aromatic N) is 2. The normalized spacial score (nSPS) is 21.3. The van der Waals surface area contributed by atoms with Crippen LogP contribution in [-0.4, -0.2) is 39.1 Å². The lowest BCUT2D eigenvalue weighted by Gasteiger charge is -2.29. The predicted molar refractivity (Wildman–Crippen MR) is 132 cm³/mol. The summed E-state index contributed by atoms with van der Waals surface area (Å²) >= 11 is 5.86. The van der Waals surface area contributed by atoms with Gasteiger partial charge in [-0.2, -0.15) is 0 Å². The highest BCUT2D eigenvalue weighted by Gasteiger charge is 2.48. The minimum absolute atomic E-state index is 0.00327. The number of fused-ring (bicyclic) bond motifs is 2. The van der Waals surface area contributed by atoms with Crippen molar-refractivity contribution in [1.82, 2.24) is 14.8 Å². The molecule has 1 saturated carbocycles. The first-order chi connectivity index (χ1) is 16.8. The number of ketones is 1. The van der Waals surface area contributed by atoms with Crippen molar-refractivity contribution < 1.29 is 18.8 Å². The number of para-hydroxylation sites is 1. The molecule has 1 aromatic heterocycles. The number of benzene rings is 2. The van der Waals surface area contributed by atoms with Gasteiger partial charge in [0, 0.05) is 40.8 Å². The van der Waals surface area contributed by atoms with Gasteiger partial charge in [-0.25, -0.2) is 4.39 Å². The van der Waals surface area contributed by atoms with Crippen molar-refractivity contribution in [2.75, 3.05) is 0 Å².